The van der Waals surface area contributed by atoms with Crippen LogP contribution < -0.4 is 0 Å². The van der Waals surface area contributed by atoms with Gasteiger partial charge >= 0.3 is 0 Å². The Kier molecular flexibility index (Phi) is 7.82. The summed E-state index contributed by atoms with van der Waals surface area (Å²) in [5, 5.41) is 2.53. The minimum Gasteiger partial charge on any atom is -0.309 e. The Morgan fingerprint density at radius 1 is 0.623 bits per heavy atom. The normalized spacial score (nSPS) is 13.5. The van der Waals surface area contributed by atoms with Crippen molar-refractivity contribution in [3.05, 3.63) is 187 Å². The monoisotopic (exact) mass is 682 g/mol. The molecule has 0 radical (unpaired) electrons. The van der Waals surface area contributed by atoms with Crippen LogP contribution in [0.25, 0.3) is 78.1 Å². The number of aromatic nitrogens is 4. The van der Waals surface area contributed by atoms with Crippen molar-refractivity contribution in [3.63, 3.8) is 0 Å². The first-order chi connectivity index (χ1) is 26.0. The number of hydrogen-bond acceptors (Lipinski definition) is 3. The van der Waals surface area contributed by atoms with Crippen molar-refractivity contribution in [1.82, 2.24) is 19.5 Å². The molecule has 0 spiro atoms. The number of rotatable bonds is 7. The molecule has 0 saturated heterocycles. The molecule has 0 bridgehead atoms. The standard InChI is InChI=1S/C49H38N4/c1-5-16-33(17-6-2)46-50-47(35-21-14-20-34(30-35)32-18-8-7-9-19-32)52-48(51-46)36-22-15-23-37(31-36)53-42-27-13-11-25-39(42)45-43(53)29-28-41-44(45)38-24-10-12-26-40(38)49(41,3)4/h5-31H,1H2,2-4H3/b17-6-,33-16+. The van der Waals surface area contributed by atoms with Gasteiger partial charge in [-0.25, -0.2) is 15.0 Å². The van der Waals surface area contributed by atoms with E-state index in [1.54, 1.807) is 6.08 Å². The molecule has 0 N–H and O–H groups in total. The van der Waals surface area contributed by atoms with E-state index < -0.39 is 0 Å². The van der Waals surface area contributed by atoms with Crippen LogP contribution in [0, 0.1) is 0 Å². The Morgan fingerprint density at radius 3 is 2.09 bits per heavy atom. The van der Waals surface area contributed by atoms with Crippen molar-refractivity contribution in [2.24, 2.45) is 0 Å². The van der Waals surface area contributed by atoms with E-state index in [4.69, 9.17) is 15.0 Å². The quantitative estimate of drug-likeness (QED) is 0.157. The summed E-state index contributed by atoms with van der Waals surface area (Å²) < 4.78 is 2.39. The Labute approximate surface area is 310 Å². The molecule has 0 aliphatic heterocycles. The smallest absolute Gasteiger partial charge is 0.164 e. The van der Waals surface area contributed by atoms with E-state index >= 15 is 0 Å². The number of para-hydroxylation sites is 1. The zero-order valence-electron chi connectivity index (χ0n) is 30.1. The highest BCUT2D eigenvalue weighted by molar-refractivity contribution is 6.17. The Hall–Kier alpha value is -6.65. The van der Waals surface area contributed by atoms with Crippen molar-refractivity contribution in [2.75, 3.05) is 0 Å². The maximum absolute atomic E-state index is 5.14. The molecule has 6 aromatic carbocycles. The SMILES string of the molecule is C=C/C=C(\C=C/C)c1nc(-c2cccc(-c3ccccc3)c2)nc(-c2cccc(-n3c4ccccc4c4c5c(ccc43)C(C)(C)c3ccccc3-5)c2)n1. The van der Waals surface area contributed by atoms with Gasteiger partial charge in [-0.1, -0.05) is 154 Å². The van der Waals surface area contributed by atoms with E-state index in [0.29, 0.717) is 17.5 Å². The average molecular weight is 683 g/mol. The second-order valence-electron chi connectivity index (χ2n) is 14.1. The number of benzene rings is 6. The van der Waals surface area contributed by atoms with Gasteiger partial charge in [-0.15, -0.1) is 0 Å². The second kappa shape index (κ2) is 12.8. The molecule has 0 fully saturated rings. The number of hydrogen-bond donors (Lipinski definition) is 0. The summed E-state index contributed by atoms with van der Waals surface area (Å²) in [7, 11) is 0. The van der Waals surface area contributed by atoms with Crippen molar-refractivity contribution >= 4 is 27.4 Å². The molecule has 2 aromatic heterocycles. The molecular formula is C49H38N4. The van der Waals surface area contributed by atoms with Crippen molar-refractivity contribution in [3.8, 4) is 50.7 Å². The molecule has 4 heteroatoms. The van der Waals surface area contributed by atoms with Gasteiger partial charge in [-0.2, -0.15) is 0 Å². The lowest BCUT2D eigenvalue weighted by atomic mass is 9.82. The molecule has 4 nitrogen and oxygen atoms in total. The van der Waals surface area contributed by atoms with Crippen LogP contribution in [0.1, 0.15) is 37.7 Å². The van der Waals surface area contributed by atoms with Gasteiger partial charge in [0.15, 0.2) is 17.5 Å². The molecule has 254 valence electrons. The predicted octanol–water partition coefficient (Wildman–Crippen LogP) is 12.4. The fourth-order valence-corrected chi connectivity index (χ4v) is 8.06. The first kappa shape index (κ1) is 32.3. The maximum atomic E-state index is 5.14. The largest absolute Gasteiger partial charge is 0.309 e. The summed E-state index contributed by atoms with van der Waals surface area (Å²) >= 11 is 0. The van der Waals surface area contributed by atoms with Crippen LogP contribution in [0.15, 0.2) is 170 Å². The summed E-state index contributed by atoms with van der Waals surface area (Å²) in [6.45, 7) is 10.6. The van der Waals surface area contributed by atoms with Crippen molar-refractivity contribution < 1.29 is 0 Å². The van der Waals surface area contributed by atoms with E-state index in [1.165, 1.54) is 38.5 Å². The van der Waals surface area contributed by atoms with Gasteiger partial charge in [-0.05, 0) is 70.6 Å². The second-order valence-corrected chi connectivity index (χ2v) is 14.1. The predicted molar refractivity (Wildman–Crippen MR) is 221 cm³/mol. The van der Waals surface area contributed by atoms with Crippen LogP contribution in [0.3, 0.4) is 0 Å². The number of fused-ring (bicyclic) bond motifs is 7. The van der Waals surface area contributed by atoms with E-state index in [1.807, 2.05) is 31.2 Å². The minimum absolute atomic E-state index is 0.0796. The average Bonchev–Trinajstić information content (AvgIpc) is 3.66. The first-order valence-electron chi connectivity index (χ1n) is 18.1. The molecule has 0 unspecified atom stereocenters. The third-order valence-corrected chi connectivity index (χ3v) is 10.5. The zero-order chi connectivity index (χ0) is 36.1. The lowest BCUT2D eigenvalue weighted by molar-refractivity contribution is 0.661. The third kappa shape index (κ3) is 5.34. The summed E-state index contributed by atoms with van der Waals surface area (Å²) in [6, 6.07) is 49.6. The Morgan fingerprint density at radius 2 is 1.30 bits per heavy atom. The summed E-state index contributed by atoms with van der Waals surface area (Å²) in [5.74, 6) is 1.81. The van der Waals surface area contributed by atoms with E-state index in [0.717, 1.165) is 39.0 Å². The highest BCUT2D eigenvalue weighted by atomic mass is 15.0. The van der Waals surface area contributed by atoms with Gasteiger partial charge in [-0.3, -0.25) is 0 Å². The molecule has 0 atom stereocenters. The van der Waals surface area contributed by atoms with Crippen molar-refractivity contribution in [2.45, 2.75) is 26.2 Å². The van der Waals surface area contributed by atoms with Gasteiger partial charge < -0.3 is 4.57 Å². The summed E-state index contributed by atoms with van der Waals surface area (Å²) in [4.78, 5) is 15.2. The molecule has 8 aromatic rings. The Balaban J connectivity index is 1.24. The van der Waals surface area contributed by atoms with Crippen LogP contribution in [0.2, 0.25) is 0 Å². The van der Waals surface area contributed by atoms with Crippen LogP contribution in [0.4, 0.5) is 0 Å². The van der Waals surface area contributed by atoms with Crippen LogP contribution in [0.5, 0.6) is 0 Å². The topological polar surface area (TPSA) is 43.6 Å². The molecule has 0 amide bonds. The maximum Gasteiger partial charge on any atom is 0.164 e. The highest BCUT2D eigenvalue weighted by Crippen LogP contribution is 2.53. The fourth-order valence-electron chi connectivity index (χ4n) is 8.06. The lowest BCUT2D eigenvalue weighted by Crippen LogP contribution is -2.14. The molecule has 53 heavy (non-hydrogen) atoms. The fraction of sp³-hybridized carbons (Fsp3) is 0.0816. The van der Waals surface area contributed by atoms with Gasteiger partial charge in [0.1, 0.15) is 0 Å². The Bertz CT molecular complexity index is 2780. The van der Waals surface area contributed by atoms with Gasteiger partial charge in [0.05, 0.1) is 11.0 Å². The molecule has 0 saturated carbocycles. The third-order valence-electron chi connectivity index (χ3n) is 10.5. The van der Waals surface area contributed by atoms with E-state index in [9.17, 15) is 0 Å². The van der Waals surface area contributed by atoms with Crippen LogP contribution >= 0.6 is 0 Å². The van der Waals surface area contributed by atoms with Gasteiger partial charge in [0.2, 0.25) is 0 Å². The summed E-state index contributed by atoms with van der Waals surface area (Å²) in [6.07, 6.45) is 7.72. The highest BCUT2D eigenvalue weighted by Gasteiger charge is 2.37. The number of allylic oxidation sites excluding steroid dienone is 5. The molecular weight excluding hydrogens is 645 g/mol. The van der Waals surface area contributed by atoms with Crippen LogP contribution in [-0.4, -0.2) is 19.5 Å². The first-order valence-corrected chi connectivity index (χ1v) is 18.1. The lowest BCUT2D eigenvalue weighted by Gasteiger charge is -2.21. The summed E-state index contributed by atoms with van der Waals surface area (Å²) in [5.41, 5.74) is 13.6. The van der Waals surface area contributed by atoms with Gasteiger partial charge in [0, 0.05) is 38.6 Å². The van der Waals surface area contributed by atoms with Crippen LogP contribution in [-0.2, 0) is 5.41 Å². The molecule has 9 rings (SSSR count). The molecule has 2 heterocycles. The zero-order valence-corrected chi connectivity index (χ0v) is 30.1. The van der Waals surface area contributed by atoms with E-state index in [2.05, 4.69) is 158 Å². The minimum atomic E-state index is -0.0796. The van der Waals surface area contributed by atoms with Crippen molar-refractivity contribution in [1.29, 1.82) is 0 Å². The van der Waals surface area contributed by atoms with Gasteiger partial charge in [0.25, 0.3) is 0 Å². The molecule has 1 aliphatic carbocycles. The number of nitrogens with zero attached hydrogens (tertiary/aromatic N) is 4. The molecule has 1 aliphatic rings. The van der Waals surface area contributed by atoms with E-state index in [-0.39, 0.29) is 5.41 Å².